The summed E-state index contributed by atoms with van der Waals surface area (Å²) in [4.78, 5) is 23.5. The molecular weight excluding hydrogens is 408 g/mol. The van der Waals surface area contributed by atoms with Gasteiger partial charge in [0.2, 0.25) is 5.91 Å². The smallest absolute Gasteiger partial charge is 0.262 e. The van der Waals surface area contributed by atoms with Crippen LogP contribution in [0.4, 0.5) is 11.4 Å². The van der Waals surface area contributed by atoms with Crippen LogP contribution in [0.3, 0.4) is 0 Å². The second kappa shape index (κ2) is 9.44. The van der Waals surface area contributed by atoms with E-state index in [0.717, 1.165) is 10.9 Å². The molecule has 0 radical (unpaired) electrons. The summed E-state index contributed by atoms with van der Waals surface area (Å²) in [5.74, 6) is 0.106. The first kappa shape index (κ1) is 19.3. The number of anilines is 2. The molecule has 0 saturated carbocycles. The quantitative estimate of drug-likeness (QED) is 0.666. The van der Waals surface area contributed by atoms with E-state index < -0.39 is 0 Å². The predicted octanol–water partition coefficient (Wildman–Crippen LogP) is 4.86. The Kier molecular flexibility index (Phi) is 7.28. The van der Waals surface area contributed by atoms with Crippen molar-refractivity contribution < 1.29 is 14.3 Å². The van der Waals surface area contributed by atoms with Crippen LogP contribution in [-0.2, 0) is 9.59 Å². The number of amides is 2. The first-order valence-electron chi connectivity index (χ1n) is 7.75. The normalized spacial score (nSPS) is 10.2. The van der Waals surface area contributed by atoms with Gasteiger partial charge in [-0.15, -0.1) is 0 Å². The van der Waals surface area contributed by atoms with E-state index in [2.05, 4.69) is 26.6 Å². The van der Waals surface area contributed by atoms with Crippen molar-refractivity contribution in [1.82, 2.24) is 0 Å². The molecule has 0 atom stereocenters. The molecule has 5 nitrogen and oxygen atoms in total. The van der Waals surface area contributed by atoms with Crippen molar-refractivity contribution in [3.05, 3.63) is 52.0 Å². The molecule has 0 heterocycles. The largest absolute Gasteiger partial charge is 0.482 e. The zero-order valence-electron chi connectivity index (χ0n) is 13.6. The average molecular weight is 426 g/mol. The first-order valence-corrected chi connectivity index (χ1v) is 8.92. The molecule has 2 rings (SSSR count). The topological polar surface area (TPSA) is 67.4 Å². The monoisotopic (exact) mass is 424 g/mol. The van der Waals surface area contributed by atoms with Gasteiger partial charge in [-0.25, -0.2) is 0 Å². The summed E-state index contributed by atoms with van der Waals surface area (Å²) in [5, 5.41) is 5.93. The van der Waals surface area contributed by atoms with Crippen LogP contribution >= 0.6 is 27.5 Å². The van der Waals surface area contributed by atoms with Crippen LogP contribution in [0.2, 0.25) is 5.02 Å². The number of carbonyl (C=O) groups is 2. The number of ether oxygens (including phenoxy) is 1. The number of carbonyl (C=O) groups excluding carboxylic acids is 2. The third-order valence-electron chi connectivity index (χ3n) is 3.18. The highest BCUT2D eigenvalue weighted by molar-refractivity contribution is 9.10. The highest BCUT2D eigenvalue weighted by Gasteiger charge is 2.07. The maximum atomic E-state index is 12.0. The van der Waals surface area contributed by atoms with Gasteiger partial charge in [-0.1, -0.05) is 34.5 Å². The van der Waals surface area contributed by atoms with Crippen LogP contribution in [0.25, 0.3) is 0 Å². The lowest BCUT2D eigenvalue weighted by Gasteiger charge is -2.10. The number of nitrogens with one attached hydrogen (secondary N) is 2. The maximum Gasteiger partial charge on any atom is 0.262 e. The number of benzene rings is 2. The van der Waals surface area contributed by atoms with Gasteiger partial charge in [-0.05, 0) is 48.9 Å². The Hall–Kier alpha value is -2.05. The zero-order chi connectivity index (χ0) is 18.2. The average Bonchev–Trinajstić information content (AvgIpc) is 2.56. The van der Waals surface area contributed by atoms with Gasteiger partial charge in [0.15, 0.2) is 6.61 Å². The van der Waals surface area contributed by atoms with Gasteiger partial charge in [-0.3, -0.25) is 9.59 Å². The Labute approximate surface area is 159 Å². The van der Waals surface area contributed by atoms with Crippen molar-refractivity contribution >= 4 is 50.7 Å². The second-order valence-corrected chi connectivity index (χ2v) is 6.61. The van der Waals surface area contributed by atoms with Gasteiger partial charge in [-0.2, -0.15) is 0 Å². The number of hydrogen-bond acceptors (Lipinski definition) is 3. The SMILES string of the molecule is CCCC(=O)Nc1ccc(NC(=O)COc2ccc(Br)cc2Cl)cc1. The van der Waals surface area contributed by atoms with E-state index in [4.69, 9.17) is 16.3 Å². The van der Waals surface area contributed by atoms with Gasteiger partial charge < -0.3 is 15.4 Å². The van der Waals surface area contributed by atoms with E-state index in [1.54, 1.807) is 42.5 Å². The van der Waals surface area contributed by atoms with Gasteiger partial charge in [0.25, 0.3) is 5.91 Å². The van der Waals surface area contributed by atoms with Crippen molar-refractivity contribution in [2.75, 3.05) is 17.2 Å². The third-order valence-corrected chi connectivity index (χ3v) is 3.97. The molecule has 132 valence electrons. The predicted molar refractivity (Wildman–Crippen MR) is 103 cm³/mol. The summed E-state index contributed by atoms with van der Waals surface area (Å²) in [6.45, 7) is 1.79. The third kappa shape index (κ3) is 6.40. The summed E-state index contributed by atoms with van der Waals surface area (Å²) in [6, 6.07) is 12.1. The standard InChI is InChI=1S/C18H18BrClN2O3/c1-2-3-17(23)21-13-5-7-14(8-6-13)22-18(24)11-25-16-9-4-12(19)10-15(16)20/h4-10H,2-3,11H2,1H3,(H,21,23)(H,22,24). The number of rotatable bonds is 7. The molecule has 2 amide bonds. The van der Waals surface area contributed by atoms with Crippen molar-refractivity contribution in [1.29, 1.82) is 0 Å². The zero-order valence-corrected chi connectivity index (χ0v) is 16.0. The summed E-state index contributed by atoms with van der Waals surface area (Å²) >= 11 is 9.34. The molecule has 0 saturated heterocycles. The minimum absolute atomic E-state index is 0.0286. The van der Waals surface area contributed by atoms with E-state index >= 15 is 0 Å². The highest BCUT2D eigenvalue weighted by atomic mass is 79.9. The fourth-order valence-electron chi connectivity index (χ4n) is 2.02. The van der Waals surface area contributed by atoms with Gasteiger partial charge in [0, 0.05) is 22.3 Å². The number of hydrogen-bond donors (Lipinski definition) is 2. The van der Waals surface area contributed by atoms with E-state index in [9.17, 15) is 9.59 Å². The Morgan fingerprint density at radius 2 is 1.64 bits per heavy atom. The van der Waals surface area contributed by atoms with Crippen LogP contribution in [-0.4, -0.2) is 18.4 Å². The molecular formula is C18H18BrClN2O3. The minimum Gasteiger partial charge on any atom is -0.482 e. The molecule has 25 heavy (non-hydrogen) atoms. The Bertz CT molecular complexity index is 750. The fourth-order valence-corrected chi connectivity index (χ4v) is 2.75. The van der Waals surface area contributed by atoms with E-state index in [-0.39, 0.29) is 18.4 Å². The summed E-state index contributed by atoms with van der Waals surface area (Å²) < 4.78 is 6.24. The van der Waals surface area contributed by atoms with Crippen LogP contribution in [0, 0.1) is 0 Å². The van der Waals surface area contributed by atoms with Gasteiger partial charge in [0.1, 0.15) is 5.75 Å². The lowest BCUT2D eigenvalue weighted by atomic mass is 10.2. The van der Waals surface area contributed by atoms with E-state index in [1.165, 1.54) is 0 Å². The van der Waals surface area contributed by atoms with Crippen molar-refractivity contribution in [2.45, 2.75) is 19.8 Å². The fraction of sp³-hybridized carbons (Fsp3) is 0.222. The molecule has 0 fully saturated rings. The molecule has 2 aromatic rings. The highest BCUT2D eigenvalue weighted by Crippen LogP contribution is 2.27. The molecule has 0 aromatic heterocycles. The lowest BCUT2D eigenvalue weighted by Crippen LogP contribution is -2.20. The van der Waals surface area contributed by atoms with E-state index in [1.807, 2.05) is 6.92 Å². The van der Waals surface area contributed by atoms with Crippen molar-refractivity contribution in [3.8, 4) is 5.75 Å². The molecule has 0 spiro atoms. The van der Waals surface area contributed by atoms with Crippen LogP contribution in [0.1, 0.15) is 19.8 Å². The summed E-state index contributed by atoms with van der Waals surface area (Å²) in [7, 11) is 0. The molecule has 7 heteroatoms. The molecule has 2 N–H and O–H groups in total. The molecule has 0 unspecified atom stereocenters. The second-order valence-electron chi connectivity index (χ2n) is 5.29. The van der Waals surface area contributed by atoms with Crippen LogP contribution in [0.5, 0.6) is 5.75 Å². The van der Waals surface area contributed by atoms with Gasteiger partial charge in [0.05, 0.1) is 5.02 Å². The molecule has 0 bridgehead atoms. The Morgan fingerprint density at radius 1 is 1.04 bits per heavy atom. The maximum absolute atomic E-state index is 12.0. The molecule has 0 aliphatic carbocycles. The van der Waals surface area contributed by atoms with Gasteiger partial charge >= 0.3 is 0 Å². The van der Waals surface area contributed by atoms with Crippen LogP contribution < -0.4 is 15.4 Å². The van der Waals surface area contributed by atoms with Crippen molar-refractivity contribution in [3.63, 3.8) is 0 Å². The summed E-state index contributed by atoms with van der Waals surface area (Å²) in [6.07, 6.45) is 1.27. The Morgan fingerprint density at radius 3 is 2.20 bits per heavy atom. The van der Waals surface area contributed by atoms with Crippen LogP contribution in [0.15, 0.2) is 46.9 Å². The molecule has 0 aliphatic rings. The molecule has 2 aromatic carbocycles. The van der Waals surface area contributed by atoms with Crippen molar-refractivity contribution in [2.24, 2.45) is 0 Å². The minimum atomic E-state index is -0.304. The number of halogens is 2. The van der Waals surface area contributed by atoms with E-state index in [0.29, 0.717) is 28.6 Å². The first-order chi connectivity index (χ1) is 12.0. The lowest BCUT2D eigenvalue weighted by molar-refractivity contribution is -0.118. The molecule has 0 aliphatic heterocycles. The summed E-state index contributed by atoms with van der Waals surface area (Å²) in [5.41, 5.74) is 1.30. The Balaban J connectivity index is 1.84.